The van der Waals surface area contributed by atoms with Crippen molar-refractivity contribution in [1.29, 1.82) is 0 Å². The van der Waals surface area contributed by atoms with Gasteiger partial charge in [-0.2, -0.15) is 0 Å². The van der Waals surface area contributed by atoms with E-state index in [4.69, 9.17) is 5.11 Å². The molecule has 1 aromatic carbocycles. The Bertz CT molecular complexity index is 517. The molecule has 5 nitrogen and oxygen atoms in total. The number of carboxylic acid groups (broad SMARTS) is 1. The predicted molar refractivity (Wildman–Crippen MR) is 82.2 cm³/mol. The summed E-state index contributed by atoms with van der Waals surface area (Å²) >= 11 is 3.25. The summed E-state index contributed by atoms with van der Waals surface area (Å²) in [6.45, 7) is 4.20. The lowest BCUT2D eigenvalue weighted by molar-refractivity contribution is 0.0698. The van der Waals surface area contributed by atoms with Gasteiger partial charge in [0.2, 0.25) is 0 Å². The normalized spacial score (nSPS) is 9.90. The third-order valence-corrected chi connectivity index (χ3v) is 3.39. The van der Waals surface area contributed by atoms with Crippen LogP contribution in [0.2, 0.25) is 0 Å². The molecule has 0 bridgehead atoms. The topological polar surface area (TPSA) is 69.6 Å². The average molecular weight is 341 g/mol. The van der Waals surface area contributed by atoms with Gasteiger partial charge >= 0.3 is 12.0 Å². The highest BCUT2D eigenvalue weighted by Gasteiger charge is 2.16. The minimum Gasteiger partial charge on any atom is -0.478 e. The molecule has 2 amide bonds. The van der Waals surface area contributed by atoms with E-state index in [0.717, 1.165) is 12.8 Å². The zero-order valence-corrected chi connectivity index (χ0v) is 12.8. The maximum atomic E-state index is 12.0. The number of aromatic carboxylic acids is 1. The second kappa shape index (κ2) is 7.69. The van der Waals surface area contributed by atoms with E-state index >= 15 is 0 Å². The van der Waals surface area contributed by atoms with Gasteiger partial charge < -0.3 is 15.3 Å². The fourth-order valence-electron chi connectivity index (χ4n) is 1.61. The van der Waals surface area contributed by atoms with Crippen molar-refractivity contribution in [3.8, 4) is 0 Å². The smallest absolute Gasteiger partial charge is 0.337 e. The number of carboxylic acids is 1. The van der Waals surface area contributed by atoms with E-state index in [2.05, 4.69) is 27.8 Å². The minimum atomic E-state index is -1.09. The number of carbonyl (C=O) groups excluding carboxylic acids is 1. The highest BCUT2D eigenvalue weighted by atomic mass is 79.9. The molecule has 0 atom stereocenters. The number of benzene rings is 1. The molecule has 0 saturated heterocycles. The molecular formula is C14H17BrN2O3. The maximum absolute atomic E-state index is 12.0. The van der Waals surface area contributed by atoms with Crippen LogP contribution < -0.4 is 5.32 Å². The third kappa shape index (κ3) is 4.38. The molecule has 1 aromatic rings. The Labute approximate surface area is 126 Å². The average Bonchev–Trinajstić information content (AvgIpc) is 2.40. The molecule has 108 valence electrons. The van der Waals surface area contributed by atoms with Gasteiger partial charge in [-0.15, -0.1) is 6.58 Å². The molecule has 2 N–H and O–H groups in total. The summed E-state index contributed by atoms with van der Waals surface area (Å²) in [4.78, 5) is 24.7. The fraction of sp³-hybridized carbons (Fsp3) is 0.286. The molecule has 0 spiro atoms. The van der Waals surface area contributed by atoms with Crippen molar-refractivity contribution < 1.29 is 14.7 Å². The lowest BCUT2D eigenvalue weighted by atomic mass is 10.2. The van der Waals surface area contributed by atoms with Crippen molar-refractivity contribution in [2.24, 2.45) is 0 Å². The van der Waals surface area contributed by atoms with E-state index in [0.29, 0.717) is 11.0 Å². The van der Waals surface area contributed by atoms with Crippen molar-refractivity contribution in [2.45, 2.75) is 12.8 Å². The number of para-hydroxylation sites is 1. The number of halogens is 1. The third-order valence-electron chi connectivity index (χ3n) is 2.72. The Kier molecular flexibility index (Phi) is 6.24. The number of allylic oxidation sites excluding steroid dienone is 1. The molecule has 0 saturated carbocycles. The molecule has 0 radical (unpaired) electrons. The van der Waals surface area contributed by atoms with Crippen LogP contribution in [0.15, 0.2) is 35.3 Å². The van der Waals surface area contributed by atoms with Gasteiger partial charge in [0.15, 0.2) is 0 Å². The predicted octanol–water partition coefficient (Wildman–Crippen LogP) is 3.58. The van der Waals surface area contributed by atoms with Crippen molar-refractivity contribution in [2.75, 3.05) is 18.9 Å². The van der Waals surface area contributed by atoms with Crippen molar-refractivity contribution in [1.82, 2.24) is 4.90 Å². The number of hydrogen-bond donors (Lipinski definition) is 2. The summed E-state index contributed by atoms with van der Waals surface area (Å²) in [6.07, 6.45) is 3.43. The SMILES string of the molecule is C=CCCCN(C)C(=O)Nc1c(Br)cccc1C(=O)O. The summed E-state index contributed by atoms with van der Waals surface area (Å²) in [7, 11) is 1.66. The monoisotopic (exact) mass is 340 g/mol. The van der Waals surface area contributed by atoms with E-state index in [9.17, 15) is 9.59 Å². The zero-order chi connectivity index (χ0) is 15.1. The van der Waals surface area contributed by atoms with Crippen molar-refractivity contribution >= 4 is 33.6 Å². The largest absolute Gasteiger partial charge is 0.478 e. The lowest BCUT2D eigenvalue weighted by Gasteiger charge is -2.19. The Morgan fingerprint density at radius 1 is 1.50 bits per heavy atom. The molecule has 0 aliphatic heterocycles. The number of amides is 2. The van der Waals surface area contributed by atoms with Crippen LogP contribution in [-0.2, 0) is 0 Å². The van der Waals surface area contributed by atoms with Gasteiger partial charge in [0.25, 0.3) is 0 Å². The molecule has 1 rings (SSSR count). The molecule has 0 fully saturated rings. The quantitative estimate of drug-likeness (QED) is 0.614. The van der Waals surface area contributed by atoms with E-state index in [1.807, 2.05) is 0 Å². The van der Waals surface area contributed by atoms with Gasteiger partial charge in [0.1, 0.15) is 0 Å². The van der Waals surface area contributed by atoms with Gasteiger partial charge in [-0.05, 0) is 40.9 Å². The Hall–Kier alpha value is -1.82. The van der Waals surface area contributed by atoms with Gasteiger partial charge in [-0.25, -0.2) is 9.59 Å². The first-order valence-electron chi connectivity index (χ1n) is 6.12. The number of rotatable bonds is 6. The van der Waals surface area contributed by atoms with E-state index < -0.39 is 5.97 Å². The van der Waals surface area contributed by atoms with Gasteiger partial charge in [-0.3, -0.25) is 0 Å². The molecule has 0 unspecified atom stereocenters. The highest BCUT2D eigenvalue weighted by molar-refractivity contribution is 9.10. The molecule has 20 heavy (non-hydrogen) atoms. The zero-order valence-electron chi connectivity index (χ0n) is 11.2. The molecular weight excluding hydrogens is 324 g/mol. The number of carbonyl (C=O) groups is 2. The van der Waals surface area contributed by atoms with Crippen LogP contribution in [0.4, 0.5) is 10.5 Å². The number of nitrogens with one attached hydrogen (secondary N) is 1. The summed E-state index contributed by atoms with van der Waals surface area (Å²) in [5.74, 6) is -1.09. The molecule has 0 aromatic heterocycles. The number of unbranched alkanes of at least 4 members (excludes halogenated alkanes) is 1. The standard InChI is InChI=1S/C14H17BrN2O3/c1-3-4-5-9-17(2)14(20)16-12-10(13(18)19)7-6-8-11(12)15/h3,6-8H,1,4-5,9H2,2H3,(H,16,20)(H,18,19). The second-order valence-corrected chi connectivity index (χ2v) is 5.10. The number of nitrogens with zero attached hydrogens (tertiary/aromatic N) is 1. The number of hydrogen-bond acceptors (Lipinski definition) is 2. The van der Waals surface area contributed by atoms with E-state index in [1.165, 1.54) is 11.0 Å². The first kappa shape index (κ1) is 16.2. The van der Waals surface area contributed by atoms with Crippen LogP contribution >= 0.6 is 15.9 Å². The molecule has 6 heteroatoms. The van der Waals surface area contributed by atoms with Crippen LogP contribution in [0, 0.1) is 0 Å². The van der Waals surface area contributed by atoms with Gasteiger partial charge in [0.05, 0.1) is 11.3 Å². The first-order valence-corrected chi connectivity index (χ1v) is 6.91. The maximum Gasteiger partial charge on any atom is 0.337 e. The lowest BCUT2D eigenvalue weighted by Crippen LogP contribution is -2.32. The van der Waals surface area contributed by atoms with Crippen LogP contribution in [0.25, 0.3) is 0 Å². The summed E-state index contributed by atoms with van der Waals surface area (Å²) in [5, 5.41) is 11.7. The van der Waals surface area contributed by atoms with Crippen LogP contribution in [0.3, 0.4) is 0 Å². The molecule has 0 aliphatic carbocycles. The summed E-state index contributed by atoms with van der Waals surface area (Å²) in [5.41, 5.74) is 0.313. The van der Waals surface area contributed by atoms with Crippen molar-refractivity contribution in [3.63, 3.8) is 0 Å². The first-order chi connectivity index (χ1) is 9.47. The van der Waals surface area contributed by atoms with E-state index in [-0.39, 0.29) is 17.3 Å². The second-order valence-electron chi connectivity index (χ2n) is 4.25. The summed E-state index contributed by atoms with van der Waals surface area (Å²) in [6, 6.07) is 4.39. The van der Waals surface area contributed by atoms with Gasteiger partial charge in [-0.1, -0.05) is 12.1 Å². The van der Waals surface area contributed by atoms with E-state index in [1.54, 1.807) is 25.3 Å². The fourth-order valence-corrected chi connectivity index (χ4v) is 2.07. The van der Waals surface area contributed by atoms with Gasteiger partial charge in [0, 0.05) is 18.1 Å². The molecule has 0 heterocycles. The van der Waals surface area contributed by atoms with Crippen LogP contribution in [-0.4, -0.2) is 35.6 Å². The Balaban J connectivity index is 2.80. The summed E-state index contributed by atoms with van der Waals surface area (Å²) < 4.78 is 0.533. The molecule has 0 aliphatic rings. The number of anilines is 1. The van der Waals surface area contributed by atoms with Crippen molar-refractivity contribution in [3.05, 3.63) is 40.9 Å². The highest BCUT2D eigenvalue weighted by Crippen LogP contribution is 2.26. The minimum absolute atomic E-state index is 0.0483. The van der Waals surface area contributed by atoms with Crippen LogP contribution in [0.5, 0.6) is 0 Å². The number of urea groups is 1. The van der Waals surface area contributed by atoms with Crippen LogP contribution in [0.1, 0.15) is 23.2 Å². The Morgan fingerprint density at radius 2 is 2.20 bits per heavy atom. The Morgan fingerprint density at radius 3 is 2.80 bits per heavy atom.